The number of rotatable bonds is 2. The summed E-state index contributed by atoms with van der Waals surface area (Å²) in [6.07, 6.45) is 2.35. The molecule has 2 aliphatic rings. The fraction of sp³-hybridized carbons (Fsp3) is 0.562. The summed E-state index contributed by atoms with van der Waals surface area (Å²) in [5, 5.41) is 9.75. The van der Waals surface area contributed by atoms with Crippen molar-refractivity contribution in [1.29, 1.82) is 5.26 Å². The van der Waals surface area contributed by atoms with Crippen LogP contribution in [0.1, 0.15) is 57.6 Å². The SMILES string of the molecule is CC1(C)OB(c2cc(C3CC3)cc(C#N)c2Cl)OC1(C)C. The molecule has 3 nitrogen and oxygen atoms in total. The molecule has 0 atom stereocenters. The van der Waals surface area contributed by atoms with Crippen molar-refractivity contribution in [2.75, 3.05) is 0 Å². The normalized spacial score (nSPS) is 23.1. The molecule has 3 rings (SSSR count). The first kappa shape index (κ1) is 14.9. The van der Waals surface area contributed by atoms with E-state index in [0.29, 0.717) is 16.5 Å². The fourth-order valence-corrected chi connectivity index (χ4v) is 2.79. The van der Waals surface area contributed by atoms with Crippen molar-refractivity contribution in [2.24, 2.45) is 0 Å². The molecule has 0 unspecified atom stereocenters. The van der Waals surface area contributed by atoms with Crippen molar-refractivity contribution in [3.63, 3.8) is 0 Å². The van der Waals surface area contributed by atoms with Crippen molar-refractivity contribution < 1.29 is 9.31 Å². The summed E-state index contributed by atoms with van der Waals surface area (Å²) in [5.41, 5.74) is 1.62. The molecule has 1 aromatic rings. The van der Waals surface area contributed by atoms with Crippen LogP contribution in [0, 0.1) is 11.3 Å². The van der Waals surface area contributed by atoms with Crippen LogP contribution >= 0.6 is 11.6 Å². The lowest BCUT2D eigenvalue weighted by Crippen LogP contribution is -2.41. The van der Waals surface area contributed by atoms with E-state index < -0.39 is 18.3 Å². The third-order valence-corrected chi connectivity index (χ3v) is 5.22. The van der Waals surface area contributed by atoms with Gasteiger partial charge < -0.3 is 9.31 Å². The summed E-state index contributed by atoms with van der Waals surface area (Å²) in [6.45, 7) is 8.04. The van der Waals surface area contributed by atoms with E-state index in [1.165, 1.54) is 18.4 Å². The first-order chi connectivity index (χ1) is 9.75. The Labute approximate surface area is 131 Å². The van der Waals surface area contributed by atoms with Gasteiger partial charge in [0, 0.05) is 5.46 Å². The molecule has 0 radical (unpaired) electrons. The molecule has 5 heteroatoms. The lowest BCUT2D eigenvalue weighted by molar-refractivity contribution is 0.00578. The Morgan fingerprint density at radius 2 is 1.76 bits per heavy atom. The molecule has 0 spiro atoms. The summed E-state index contributed by atoms with van der Waals surface area (Å²) < 4.78 is 12.1. The smallest absolute Gasteiger partial charge is 0.399 e. The zero-order valence-electron chi connectivity index (χ0n) is 12.9. The van der Waals surface area contributed by atoms with E-state index in [0.717, 1.165) is 5.46 Å². The van der Waals surface area contributed by atoms with Gasteiger partial charge >= 0.3 is 7.12 Å². The molecule has 110 valence electrons. The molecule has 1 aromatic carbocycles. The maximum absolute atomic E-state index is 9.30. The van der Waals surface area contributed by atoms with Crippen LogP contribution in [0.25, 0.3) is 0 Å². The van der Waals surface area contributed by atoms with Crippen LogP contribution in [0.15, 0.2) is 12.1 Å². The Balaban J connectivity index is 2.03. The first-order valence-electron chi connectivity index (χ1n) is 7.34. The van der Waals surface area contributed by atoms with E-state index in [9.17, 15) is 5.26 Å². The minimum atomic E-state index is -0.520. The number of hydrogen-bond donors (Lipinski definition) is 0. The van der Waals surface area contributed by atoms with Gasteiger partial charge in [-0.1, -0.05) is 17.7 Å². The van der Waals surface area contributed by atoms with Gasteiger partial charge in [-0.25, -0.2) is 0 Å². The van der Waals surface area contributed by atoms with Crippen LogP contribution < -0.4 is 5.46 Å². The molecule has 1 saturated heterocycles. The Morgan fingerprint density at radius 1 is 1.19 bits per heavy atom. The van der Waals surface area contributed by atoms with Gasteiger partial charge in [0.15, 0.2) is 0 Å². The Kier molecular flexibility index (Phi) is 3.37. The van der Waals surface area contributed by atoms with Gasteiger partial charge in [0.25, 0.3) is 0 Å². The monoisotopic (exact) mass is 303 g/mol. The van der Waals surface area contributed by atoms with Gasteiger partial charge in [-0.3, -0.25) is 0 Å². The summed E-state index contributed by atoms with van der Waals surface area (Å²) in [7, 11) is -0.520. The highest BCUT2D eigenvalue weighted by Gasteiger charge is 2.52. The van der Waals surface area contributed by atoms with Crippen LogP contribution in [-0.4, -0.2) is 18.3 Å². The Hall–Kier alpha value is -1.02. The van der Waals surface area contributed by atoms with Crippen LogP contribution in [0.3, 0.4) is 0 Å². The topological polar surface area (TPSA) is 42.2 Å². The molecule has 0 N–H and O–H groups in total. The number of nitriles is 1. The molecule has 0 aromatic heterocycles. The van der Waals surface area contributed by atoms with Crippen molar-refractivity contribution in [1.82, 2.24) is 0 Å². The maximum atomic E-state index is 9.30. The van der Waals surface area contributed by atoms with E-state index >= 15 is 0 Å². The van der Waals surface area contributed by atoms with Gasteiger partial charge in [0.05, 0.1) is 21.8 Å². The zero-order chi connectivity index (χ0) is 15.4. The average molecular weight is 304 g/mol. The highest BCUT2D eigenvalue weighted by molar-refractivity contribution is 6.65. The molecule has 21 heavy (non-hydrogen) atoms. The molecule has 1 aliphatic carbocycles. The Bertz CT molecular complexity index is 616. The quantitative estimate of drug-likeness (QED) is 0.787. The summed E-state index contributed by atoms with van der Waals surface area (Å²) >= 11 is 6.39. The maximum Gasteiger partial charge on any atom is 0.496 e. The number of halogens is 1. The molecular formula is C16H19BClNO2. The highest BCUT2D eigenvalue weighted by atomic mass is 35.5. The average Bonchev–Trinajstić information content (AvgIpc) is 3.18. The predicted octanol–water partition coefficient (Wildman–Crippen LogP) is 3.39. The largest absolute Gasteiger partial charge is 0.496 e. The number of hydrogen-bond acceptors (Lipinski definition) is 3. The third-order valence-electron chi connectivity index (χ3n) is 4.80. The predicted molar refractivity (Wildman–Crippen MR) is 83.9 cm³/mol. The van der Waals surface area contributed by atoms with Gasteiger partial charge in [0.1, 0.15) is 6.07 Å². The lowest BCUT2D eigenvalue weighted by atomic mass is 9.77. The highest BCUT2D eigenvalue weighted by Crippen LogP contribution is 2.42. The minimum Gasteiger partial charge on any atom is -0.399 e. The number of nitrogens with zero attached hydrogens (tertiary/aromatic N) is 1. The molecule has 1 saturated carbocycles. The van der Waals surface area contributed by atoms with Crippen molar-refractivity contribution in [3.05, 3.63) is 28.3 Å². The lowest BCUT2D eigenvalue weighted by Gasteiger charge is -2.32. The molecular weight excluding hydrogens is 284 g/mol. The fourth-order valence-electron chi connectivity index (χ4n) is 2.55. The molecule has 1 heterocycles. The zero-order valence-corrected chi connectivity index (χ0v) is 13.6. The second-order valence-corrected chi connectivity index (χ2v) is 7.32. The minimum absolute atomic E-state index is 0.413. The van der Waals surface area contributed by atoms with E-state index in [4.69, 9.17) is 20.9 Å². The van der Waals surface area contributed by atoms with E-state index in [1.54, 1.807) is 0 Å². The van der Waals surface area contributed by atoms with Crippen molar-refractivity contribution >= 4 is 24.2 Å². The summed E-state index contributed by atoms with van der Waals surface area (Å²) in [5.74, 6) is 0.551. The van der Waals surface area contributed by atoms with E-state index in [2.05, 4.69) is 6.07 Å². The molecule has 1 aliphatic heterocycles. The molecule has 0 amide bonds. The Morgan fingerprint density at radius 3 is 2.24 bits per heavy atom. The van der Waals surface area contributed by atoms with Gasteiger partial charge in [-0.2, -0.15) is 5.26 Å². The van der Waals surface area contributed by atoms with E-state index in [-0.39, 0.29) is 0 Å². The van der Waals surface area contributed by atoms with Gasteiger partial charge in [0.2, 0.25) is 0 Å². The standard InChI is InChI=1S/C16H19BClNO2/c1-15(2)16(3,4)21-17(20-15)13-8-11(10-5-6-10)7-12(9-19)14(13)18/h7-8,10H,5-6H2,1-4H3. The van der Waals surface area contributed by atoms with Crippen LogP contribution in [0.5, 0.6) is 0 Å². The van der Waals surface area contributed by atoms with E-state index in [1.807, 2.05) is 39.8 Å². The first-order valence-corrected chi connectivity index (χ1v) is 7.72. The summed E-state index contributed by atoms with van der Waals surface area (Å²) in [6, 6.07) is 6.12. The molecule has 2 fully saturated rings. The van der Waals surface area contributed by atoms with Crippen LogP contribution in [0.2, 0.25) is 5.02 Å². The number of benzene rings is 1. The van der Waals surface area contributed by atoms with Gasteiger partial charge in [-0.05, 0) is 58.1 Å². The van der Waals surface area contributed by atoms with Crippen LogP contribution in [-0.2, 0) is 9.31 Å². The van der Waals surface area contributed by atoms with Gasteiger partial charge in [-0.15, -0.1) is 0 Å². The van der Waals surface area contributed by atoms with Crippen LogP contribution in [0.4, 0.5) is 0 Å². The van der Waals surface area contributed by atoms with Crippen molar-refractivity contribution in [2.45, 2.75) is 57.7 Å². The third kappa shape index (κ3) is 2.48. The van der Waals surface area contributed by atoms with Crippen molar-refractivity contribution in [3.8, 4) is 6.07 Å². The second-order valence-electron chi connectivity index (χ2n) is 6.95. The molecule has 0 bridgehead atoms. The second kappa shape index (κ2) is 4.74. The summed E-state index contributed by atoms with van der Waals surface area (Å²) in [4.78, 5) is 0.